The van der Waals surface area contributed by atoms with Crippen LogP contribution >= 0.6 is 0 Å². The van der Waals surface area contributed by atoms with Gasteiger partial charge in [0.25, 0.3) is 0 Å². The van der Waals surface area contributed by atoms with Gasteiger partial charge in [-0.15, -0.1) is 0 Å². The van der Waals surface area contributed by atoms with E-state index in [-0.39, 0.29) is 5.43 Å². The van der Waals surface area contributed by atoms with Crippen molar-refractivity contribution in [2.45, 2.75) is 0 Å². The molecule has 2 heterocycles. The summed E-state index contributed by atoms with van der Waals surface area (Å²) in [7, 11) is 0. The summed E-state index contributed by atoms with van der Waals surface area (Å²) in [6.07, 6.45) is 0.903. The molecule has 0 bridgehead atoms. The van der Waals surface area contributed by atoms with E-state index in [1.807, 2.05) is 30.3 Å². The maximum absolute atomic E-state index is 12.4. The van der Waals surface area contributed by atoms with Crippen molar-refractivity contribution < 1.29 is 13.9 Å². The van der Waals surface area contributed by atoms with Crippen LogP contribution in [0.25, 0.3) is 22.3 Å². The van der Waals surface area contributed by atoms with Crippen molar-refractivity contribution in [3.63, 3.8) is 0 Å². The number of hydrogen-bond donors (Lipinski definition) is 0. The third-order valence-corrected chi connectivity index (χ3v) is 4.99. The van der Waals surface area contributed by atoms with E-state index in [0.29, 0.717) is 29.1 Å². The standard InChI is InChI=1S/C22H22N2O4/c25-16-24-10-8-23(9-11-24)12-13-27-18-6-7-19-20(26)15-21(28-22(19)14-18)17-4-2-1-3-5-17/h1-7,14-16H,8-13H2. The molecule has 1 aromatic heterocycles. The van der Waals surface area contributed by atoms with Gasteiger partial charge in [0.2, 0.25) is 6.41 Å². The number of hydrogen-bond acceptors (Lipinski definition) is 5. The Balaban J connectivity index is 1.45. The van der Waals surface area contributed by atoms with Gasteiger partial charge < -0.3 is 14.1 Å². The number of piperazine rings is 1. The summed E-state index contributed by atoms with van der Waals surface area (Å²) in [6, 6.07) is 16.4. The van der Waals surface area contributed by atoms with E-state index in [0.717, 1.165) is 44.7 Å². The predicted octanol–water partition coefficient (Wildman–Crippen LogP) is 2.61. The Hall–Kier alpha value is -3.12. The van der Waals surface area contributed by atoms with Crippen molar-refractivity contribution in [2.24, 2.45) is 0 Å². The molecule has 1 saturated heterocycles. The van der Waals surface area contributed by atoms with Crippen molar-refractivity contribution in [1.82, 2.24) is 9.80 Å². The lowest BCUT2D eigenvalue weighted by molar-refractivity contribution is -0.119. The van der Waals surface area contributed by atoms with Gasteiger partial charge in [0.1, 0.15) is 23.7 Å². The zero-order valence-corrected chi connectivity index (χ0v) is 15.5. The minimum atomic E-state index is -0.0697. The number of carbonyl (C=O) groups is 1. The molecular formula is C22H22N2O4. The number of rotatable bonds is 6. The molecule has 0 atom stereocenters. The summed E-state index contributed by atoms with van der Waals surface area (Å²) in [5, 5.41) is 0.539. The second kappa shape index (κ2) is 8.27. The highest BCUT2D eigenvalue weighted by Crippen LogP contribution is 2.24. The van der Waals surface area contributed by atoms with Crippen molar-refractivity contribution in [3.8, 4) is 17.1 Å². The Morgan fingerprint density at radius 2 is 1.79 bits per heavy atom. The van der Waals surface area contributed by atoms with Gasteiger partial charge in [-0.2, -0.15) is 0 Å². The topological polar surface area (TPSA) is 63.0 Å². The molecule has 1 fully saturated rings. The number of fused-ring (bicyclic) bond motifs is 1. The van der Waals surface area contributed by atoms with Crippen LogP contribution in [0.15, 0.2) is 63.8 Å². The Labute approximate surface area is 162 Å². The summed E-state index contributed by atoms with van der Waals surface area (Å²) < 4.78 is 11.8. The van der Waals surface area contributed by atoms with Crippen LogP contribution < -0.4 is 10.2 Å². The first-order valence-electron chi connectivity index (χ1n) is 9.41. The zero-order chi connectivity index (χ0) is 19.3. The molecule has 1 amide bonds. The molecule has 1 aliphatic heterocycles. The molecule has 3 aromatic rings. The minimum Gasteiger partial charge on any atom is -0.492 e. The SMILES string of the molecule is O=CN1CCN(CCOc2ccc3c(=O)cc(-c4ccccc4)oc3c2)CC1. The van der Waals surface area contributed by atoms with Gasteiger partial charge in [0.05, 0.1) is 5.39 Å². The minimum absolute atomic E-state index is 0.0697. The Morgan fingerprint density at radius 3 is 2.54 bits per heavy atom. The molecule has 0 N–H and O–H groups in total. The molecule has 28 heavy (non-hydrogen) atoms. The normalized spacial score (nSPS) is 14.9. The summed E-state index contributed by atoms with van der Waals surface area (Å²) in [4.78, 5) is 27.2. The highest BCUT2D eigenvalue weighted by molar-refractivity contribution is 5.80. The van der Waals surface area contributed by atoms with Gasteiger partial charge >= 0.3 is 0 Å². The van der Waals surface area contributed by atoms with Crippen LogP contribution in [0.4, 0.5) is 0 Å². The van der Waals surface area contributed by atoms with Crippen molar-refractivity contribution in [2.75, 3.05) is 39.3 Å². The molecule has 0 spiro atoms. The molecule has 1 aliphatic rings. The molecule has 6 nitrogen and oxygen atoms in total. The second-order valence-corrected chi connectivity index (χ2v) is 6.83. The molecule has 144 valence electrons. The molecule has 6 heteroatoms. The van der Waals surface area contributed by atoms with E-state index in [1.54, 1.807) is 23.1 Å². The number of nitrogens with zero attached hydrogens (tertiary/aromatic N) is 2. The first-order chi connectivity index (χ1) is 13.7. The Kier molecular flexibility index (Phi) is 5.39. The summed E-state index contributed by atoms with van der Waals surface area (Å²) >= 11 is 0. The van der Waals surface area contributed by atoms with Gasteiger partial charge in [-0.05, 0) is 12.1 Å². The van der Waals surface area contributed by atoms with Crippen LogP contribution in [0.3, 0.4) is 0 Å². The molecular weight excluding hydrogens is 356 g/mol. The second-order valence-electron chi connectivity index (χ2n) is 6.83. The lowest BCUT2D eigenvalue weighted by atomic mass is 10.1. The van der Waals surface area contributed by atoms with E-state index in [4.69, 9.17) is 9.15 Å². The number of ether oxygens (including phenoxy) is 1. The fraction of sp³-hybridized carbons (Fsp3) is 0.273. The largest absolute Gasteiger partial charge is 0.492 e. The van der Waals surface area contributed by atoms with Gasteiger partial charge in [0, 0.05) is 50.4 Å². The van der Waals surface area contributed by atoms with Gasteiger partial charge in [-0.3, -0.25) is 14.5 Å². The highest BCUT2D eigenvalue weighted by atomic mass is 16.5. The predicted molar refractivity (Wildman–Crippen MR) is 107 cm³/mol. The average molecular weight is 378 g/mol. The first kappa shape index (κ1) is 18.3. The molecule has 2 aromatic carbocycles. The lowest BCUT2D eigenvalue weighted by Gasteiger charge is -2.32. The first-order valence-corrected chi connectivity index (χ1v) is 9.41. The number of amides is 1. The van der Waals surface area contributed by atoms with E-state index >= 15 is 0 Å². The molecule has 0 saturated carbocycles. The molecule has 0 radical (unpaired) electrons. The fourth-order valence-corrected chi connectivity index (χ4v) is 3.35. The average Bonchev–Trinajstić information content (AvgIpc) is 2.74. The van der Waals surface area contributed by atoms with E-state index in [1.165, 1.54) is 6.07 Å². The summed E-state index contributed by atoms with van der Waals surface area (Å²) in [6.45, 7) is 4.55. The van der Waals surface area contributed by atoms with Gasteiger partial charge in [0.15, 0.2) is 5.43 Å². The smallest absolute Gasteiger partial charge is 0.209 e. The van der Waals surface area contributed by atoms with Crippen molar-refractivity contribution in [3.05, 3.63) is 64.8 Å². The van der Waals surface area contributed by atoms with E-state index < -0.39 is 0 Å². The van der Waals surface area contributed by atoms with Crippen LogP contribution in [0.2, 0.25) is 0 Å². The van der Waals surface area contributed by atoms with Gasteiger partial charge in [-0.1, -0.05) is 30.3 Å². The Bertz CT molecular complexity index is 1010. The molecule has 0 unspecified atom stereocenters. The van der Waals surface area contributed by atoms with E-state index in [9.17, 15) is 9.59 Å². The van der Waals surface area contributed by atoms with Crippen molar-refractivity contribution in [1.29, 1.82) is 0 Å². The summed E-state index contributed by atoms with van der Waals surface area (Å²) in [5.41, 5.74) is 1.31. The third kappa shape index (κ3) is 4.07. The maximum atomic E-state index is 12.4. The maximum Gasteiger partial charge on any atom is 0.209 e. The lowest BCUT2D eigenvalue weighted by Crippen LogP contribution is -2.46. The molecule has 4 rings (SSSR count). The fourth-order valence-electron chi connectivity index (χ4n) is 3.35. The van der Waals surface area contributed by atoms with Crippen molar-refractivity contribution >= 4 is 17.4 Å². The zero-order valence-electron chi connectivity index (χ0n) is 15.5. The quantitative estimate of drug-likeness (QED) is 0.617. The van der Waals surface area contributed by atoms with Crippen LogP contribution in [0.1, 0.15) is 0 Å². The Morgan fingerprint density at radius 1 is 1.00 bits per heavy atom. The van der Waals surface area contributed by atoms with Crippen LogP contribution in [0.5, 0.6) is 5.75 Å². The van der Waals surface area contributed by atoms with E-state index in [2.05, 4.69) is 4.90 Å². The third-order valence-electron chi connectivity index (χ3n) is 4.99. The highest BCUT2D eigenvalue weighted by Gasteiger charge is 2.15. The van der Waals surface area contributed by atoms with Gasteiger partial charge in [-0.25, -0.2) is 0 Å². The number of benzene rings is 2. The number of carbonyl (C=O) groups excluding carboxylic acids is 1. The monoisotopic (exact) mass is 378 g/mol. The van der Waals surface area contributed by atoms with Crippen LogP contribution in [0, 0.1) is 0 Å². The summed E-state index contributed by atoms with van der Waals surface area (Å²) in [5.74, 6) is 1.22. The van der Waals surface area contributed by atoms with Crippen LogP contribution in [-0.2, 0) is 4.79 Å². The van der Waals surface area contributed by atoms with Crippen LogP contribution in [-0.4, -0.2) is 55.5 Å². The molecule has 0 aliphatic carbocycles.